The number of rotatable bonds is 3. The highest BCUT2D eigenvalue weighted by Gasteiger charge is 2.46. The van der Waals surface area contributed by atoms with Gasteiger partial charge in [0, 0.05) is 28.4 Å². The Balaban J connectivity index is 1.97. The van der Waals surface area contributed by atoms with Gasteiger partial charge >= 0.3 is 5.97 Å². The van der Waals surface area contributed by atoms with Crippen molar-refractivity contribution < 1.29 is 14.6 Å². The molecule has 0 fully saturated rings. The molecule has 26 heavy (non-hydrogen) atoms. The van der Waals surface area contributed by atoms with Crippen molar-refractivity contribution in [1.82, 2.24) is 4.98 Å². The fraction of sp³-hybridized carbons (Fsp3) is 0.500. The summed E-state index contributed by atoms with van der Waals surface area (Å²) in [6, 6.07) is 7.28. The lowest BCUT2D eigenvalue weighted by Gasteiger charge is -2.41. The highest BCUT2D eigenvalue weighted by molar-refractivity contribution is 7.16. The van der Waals surface area contributed by atoms with Crippen LogP contribution in [0.4, 0.5) is 10.8 Å². The Hall–Kier alpha value is -1.92. The van der Waals surface area contributed by atoms with Gasteiger partial charge < -0.3 is 14.7 Å². The molecule has 1 aliphatic rings. The molecule has 0 aliphatic heterocycles. The first kappa shape index (κ1) is 18.9. The maximum atomic E-state index is 11.6. The Morgan fingerprint density at radius 2 is 1.88 bits per heavy atom. The third kappa shape index (κ3) is 3.01. The minimum atomic E-state index is -0.412. The quantitative estimate of drug-likeness (QED) is 0.822. The second-order valence-corrected chi connectivity index (χ2v) is 9.07. The van der Waals surface area contributed by atoms with Crippen LogP contribution in [0.25, 0.3) is 0 Å². The number of ether oxygens (including phenoxy) is 1. The number of aliphatic hydroxyl groups excluding tert-OH is 1. The summed E-state index contributed by atoms with van der Waals surface area (Å²) in [5.41, 5.74) is 1.98. The molecule has 0 radical (unpaired) electrons. The molecule has 6 heteroatoms. The number of fused-ring (bicyclic) bond motifs is 1. The summed E-state index contributed by atoms with van der Waals surface area (Å²) in [6.45, 7) is 8.44. The smallest absolute Gasteiger partial charge is 0.337 e. The third-order valence-electron chi connectivity index (χ3n) is 5.34. The first-order valence-electron chi connectivity index (χ1n) is 8.70. The summed E-state index contributed by atoms with van der Waals surface area (Å²) in [7, 11) is 3.34. The minimum Gasteiger partial charge on any atom is -0.465 e. The average molecular weight is 375 g/mol. The number of methoxy groups -OCH3 is 1. The molecular formula is C20H26N2O3S. The van der Waals surface area contributed by atoms with Gasteiger partial charge in [0.1, 0.15) is 0 Å². The molecule has 0 saturated carbocycles. The maximum Gasteiger partial charge on any atom is 0.337 e. The molecule has 0 spiro atoms. The largest absolute Gasteiger partial charge is 0.465 e. The van der Waals surface area contributed by atoms with Gasteiger partial charge in [-0.15, -0.1) is 11.3 Å². The number of aliphatic hydroxyl groups is 1. The van der Waals surface area contributed by atoms with Crippen LogP contribution in [-0.2, 0) is 15.6 Å². The van der Waals surface area contributed by atoms with Crippen molar-refractivity contribution in [2.24, 2.45) is 0 Å². The summed E-state index contributed by atoms with van der Waals surface area (Å²) >= 11 is 1.68. The summed E-state index contributed by atoms with van der Waals surface area (Å²) in [6.07, 6.45) is 0.316. The van der Waals surface area contributed by atoms with Gasteiger partial charge in [-0.25, -0.2) is 9.78 Å². The summed E-state index contributed by atoms with van der Waals surface area (Å²) in [4.78, 5) is 19.7. The van der Waals surface area contributed by atoms with Crippen LogP contribution < -0.4 is 4.90 Å². The van der Waals surface area contributed by atoms with Crippen molar-refractivity contribution in [1.29, 1.82) is 0 Å². The van der Waals surface area contributed by atoms with Gasteiger partial charge in [0.15, 0.2) is 5.13 Å². The van der Waals surface area contributed by atoms with E-state index in [9.17, 15) is 9.90 Å². The highest BCUT2D eigenvalue weighted by atomic mass is 32.1. The zero-order valence-corrected chi connectivity index (χ0v) is 17.0. The molecule has 0 bridgehead atoms. The van der Waals surface area contributed by atoms with Crippen molar-refractivity contribution in [3.8, 4) is 0 Å². The van der Waals surface area contributed by atoms with E-state index < -0.39 is 6.10 Å². The van der Waals surface area contributed by atoms with E-state index >= 15 is 0 Å². The maximum absolute atomic E-state index is 11.6. The lowest BCUT2D eigenvalue weighted by atomic mass is 9.67. The Labute approximate surface area is 158 Å². The fourth-order valence-corrected chi connectivity index (χ4v) is 4.71. The number of benzene rings is 1. The molecule has 1 heterocycles. The van der Waals surface area contributed by atoms with Crippen LogP contribution in [0.1, 0.15) is 55.0 Å². The van der Waals surface area contributed by atoms with E-state index in [2.05, 4.69) is 27.7 Å². The third-order valence-corrected chi connectivity index (χ3v) is 6.84. The molecule has 1 aromatic carbocycles. The molecule has 3 rings (SSSR count). The summed E-state index contributed by atoms with van der Waals surface area (Å²) in [5, 5.41) is 11.5. The fourth-order valence-electron chi connectivity index (χ4n) is 3.39. The van der Waals surface area contributed by atoms with E-state index in [0.29, 0.717) is 5.56 Å². The first-order valence-corrected chi connectivity index (χ1v) is 9.51. The molecule has 0 saturated heterocycles. The minimum absolute atomic E-state index is 0.101. The highest BCUT2D eigenvalue weighted by Crippen LogP contribution is 2.50. The predicted octanol–water partition coefficient (Wildman–Crippen LogP) is 4.02. The molecule has 1 aliphatic carbocycles. The van der Waals surface area contributed by atoms with Crippen LogP contribution in [0.2, 0.25) is 0 Å². The van der Waals surface area contributed by atoms with Crippen molar-refractivity contribution in [3.63, 3.8) is 0 Å². The molecule has 1 atom stereocenters. The van der Waals surface area contributed by atoms with Crippen LogP contribution in [0.3, 0.4) is 0 Å². The SMILES string of the molecule is COC(=O)c1ccc(N(C)c2nc3c(s2)C(C)(C)CC(O)C3(C)C)cc1. The number of thiazole rings is 1. The second kappa shape index (κ2) is 6.35. The molecule has 2 aromatic rings. The normalized spacial score (nSPS) is 20.3. The summed E-state index contributed by atoms with van der Waals surface area (Å²) < 4.78 is 4.75. The van der Waals surface area contributed by atoms with Crippen molar-refractivity contribution in [2.75, 3.05) is 19.1 Å². The van der Waals surface area contributed by atoms with Crippen molar-refractivity contribution in [2.45, 2.75) is 51.0 Å². The molecule has 1 N–H and O–H groups in total. The van der Waals surface area contributed by atoms with E-state index in [-0.39, 0.29) is 16.8 Å². The number of carbonyl (C=O) groups is 1. The van der Waals surface area contributed by atoms with Crippen LogP contribution >= 0.6 is 11.3 Å². The number of esters is 1. The van der Waals surface area contributed by atoms with Crippen molar-refractivity contribution >= 4 is 28.1 Å². The van der Waals surface area contributed by atoms with Gasteiger partial charge in [0.2, 0.25) is 0 Å². The second-order valence-electron chi connectivity index (χ2n) is 8.10. The van der Waals surface area contributed by atoms with Crippen LogP contribution in [0.15, 0.2) is 24.3 Å². The number of hydrogen-bond acceptors (Lipinski definition) is 6. The number of anilines is 2. The van der Waals surface area contributed by atoms with E-state index in [0.717, 1.165) is 22.9 Å². The zero-order valence-electron chi connectivity index (χ0n) is 16.2. The zero-order chi connectivity index (χ0) is 19.3. The average Bonchev–Trinajstić information content (AvgIpc) is 3.06. The van der Waals surface area contributed by atoms with Crippen LogP contribution in [-0.4, -0.2) is 36.3 Å². The van der Waals surface area contributed by atoms with E-state index in [1.807, 2.05) is 24.1 Å². The van der Waals surface area contributed by atoms with Gasteiger partial charge in [0.25, 0.3) is 0 Å². The lowest BCUT2D eigenvalue weighted by Crippen LogP contribution is -2.44. The van der Waals surface area contributed by atoms with Crippen molar-refractivity contribution in [3.05, 3.63) is 40.4 Å². The Bertz CT molecular complexity index is 824. The monoisotopic (exact) mass is 374 g/mol. The Morgan fingerprint density at radius 3 is 2.46 bits per heavy atom. The van der Waals surface area contributed by atoms with Gasteiger partial charge in [0.05, 0.1) is 24.5 Å². The molecule has 140 valence electrons. The van der Waals surface area contributed by atoms with E-state index in [1.165, 1.54) is 12.0 Å². The van der Waals surface area contributed by atoms with Gasteiger partial charge in [-0.2, -0.15) is 0 Å². The Kier molecular flexibility index (Phi) is 4.61. The number of hydrogen-bond donors (Lipinski definition) is 1. The number of nitrogens with zero attached hydrogens (tertiary/aromatic N) is 2. The summed E-state index contributed by atoms with van der Waals surface area (Å²) in [5.74, 6) is -0.346. The lowest BCUT2D eigenvalue weighted by molar-refractivity contribution is 0.0574. The van der Waals surface area contributed by atoms with E-state index in [4.69, 9.17) is 9.72 Å². The number of aromatic nitrogens is 1. The van der Waals surface area contributed by atoms with Crippen LogP contribution in [0, 0.1) is 0 Å². The molecule has 1 unspecified atom stereocenters. The molecule has 1 aromatic heterocycles. The van der Waals surface area contributed by atoms with Crippen LogP contribution in [0.5, 0.6) is 0 Å². The van der Waals surface area contributed by atoms with Gasteiger partial charge in [-0.1, -0.05) is 27.7 Å². The topological polar surface area (TPSA) is 62.7 Å². The number of carbonyl (C=O) groups excluding carboxylic acids is 1. The van der Waals surface area contributed by atoms with E-state index in [1.54, 1.807) is 23.5 Å². The standard InChI is InChI=1S/C20H26N2O3S/c1-19(2)11-14(23)20(3,4)15-16(19)26-18(21-15)22(5)13-9-7-12(8-10-13)17(24)25-6/h7-10,14,23H,11H2,1-6H3. The molecule has 0 amide bonds. The van der Waals surface area contributed by atoms with Gasteiger partial charge in [-0.3, -0.25) is 0 Å². The Morgan fingerprint density at radius 1 is 1.27 bits per heavy atom. The van der Waals surface area contributed by atoms with Gasteiger partial charge in [-0.05, 0) is 30.7 Å². The molecular weight excluding hydrogens is 348 g/mol. The predicted molar refractivity (Wildman–Crippen MR) is 105 cm³/mol. The first-order chi connectivity index (χ1) is 12.1. The molecule has 5 nitrogen and oxygen atoms in total.